The van der Waals surface area contributed by atoms with Gasteiger partial charge in [0.15, 0.2) is 0 Å². The molecule has 9 heteroatoms. The first-order valence-corrected chi connectivity index (χ1v) is 13.2. The molecule has 0 bridgehead atoms. The standard InChI is InChI=1S/C25H19BrN2O4S2/c26-20-16-9-5-4-8-15(16)10-11-17(20)34-18-13-33-24-21(23(30)28(24)22(18)25(31)32)27-19(29)12-14-6-2-1-3-7-14/h1-11,21,24H,12-13H2,(H,27,29)(H,31,32)/t21-,24+/m1/s1. The summed E-state index contributed by atoms with van der Waals surface area (Å²) in [6, 6.07) is 20.4. The molecule has 6 nitrogen and oxygen atoms in total. The molecule has 0 aliphatic carbocycles. The molecule has 2 atom stereocenters. The van der Waals surface area contributed by atoms with Crippen molar-refractivity contribution in [2.24, 2.45) is 0 Å². The van der Waals surface area contributed by atoms with Gasteiger partial charge in [-0.2, -0.15) is 0 Å². The highest BCUT2D eigenvalue weighted by molar-refractivity contribution is 9.10. The summed E-state index contributed by atoms with van der Waals surface area (Å²) in [6.07, 6.45) is 0.167. The summed E-state index contributed by atoms with van der Waals surface area (Å²) < 4.78 is 0.890. The third-order valence-electron chi connectivity index (χ3n) is 5.72. The van der Waals surface area contributed by atoms with Crippen molar-refractivity contribution in [1.29, 1.82) is 0 Å². The van der Waals surface area contributed by atoms with Crippen molar-refractivity contribution in [2.75, 3.05) is 5.75 Å². The van der Waals surface area contributed by atoms with Crippen molar-refractivity contribution >= 4 is 68.0 Å². The largest absolute Gasteiger partial charge is 0.477 e. The lowest BCUT2D eigenvalue weighted by Crippen LogP contribution is -2.70. The van der Waals surface area contributed by atoms with E-state index in [1.165, 1.54) is 28.4 Å². The summed E-state index contributed by atoms with van der Waals surface area (Å²) >= 11 is 6.47. The van der Waals surface area contributed by atoms with Crippen LogP contribution in [0.25, 0.3) is 10.8 Å². The molecule has 0 aromatic heterocycles. The number of carboxylic acid groups (broad SMARTS) is 1. The number of nitrogens with one attached hydrogen (secondary N) is 1. The lowest BCUT2D eigenvalue weighted by atomic mass is 10.0. The van der Waals surface area contributed by atoms with Crippen LogP contribution in [0.2, 0.25) is 0 Å². The quantitative estimate of drug-likeness (QED) is 0.432. The normalized spacial score (nSPS) is 19.6. The zero-order chi connectivity index (χ0) is 23.8. The topological polar surface area (TPSA) is 86.7 Å². The fraction of sp³-hybridized carbons (Fsp3) is 0.160. The summed E-state index contributed by atoms with van der Waals surface area (Å²) in [5.74, 6) is -1.37. The first-order valence-electron chi connectivity index (χ1n) is 10.5. The van der Waals surface area contributed by atoms with E-state index in [0.717, 1.165) is 25.7 Å². The second-order valence-corrected chi connectivity index (χ2v) is 10.9. The monoisotopic (exact) mass is 554 g/mol. The van der Waals surface area contributed by atoms with Gasteiger partial charge in [-0.1, -0.05) is 72.4 Å². The Bertz CT molecular complexity index is 1350. The van der Waals surface area contributed by atoms with E-state index in [1.807, 2.05) is 66.7 Å². The van der Waals surface area contributed by atoms with Crippen molar-refractivity contribution in [3.05, 3.63) is 87.4 Å². The van der Waals surface area contributed by atoms with Crippen LogP contribution in [0.1, 0.15) is 5.56 Å². The molecule has 0 saturated carbocycles. The van der Waals surface area contributed by atoms with Gasteiger partial charge in [0.25, 0.3) is 5.91 Å². The Hall–Kier alpha value is -2.75. The van der Waals surface area contributed by atoms with E-state index < -0.39 is 23.3 Å². The van der Waals surface area contributed by atoms with Crippen LogP contribution in [0, 0.1) is 0 Å². The third kappa shape index (κ3) is 4.23. The second-order valence-electron chi connectivity index (χ2n) is 7.90. The maximum absolute atomic E-state index is 12.9. The first kappa shape index (κ1) is 23.0. The van der Waals surface area contributed by atoms with Gasteiger partial charge in [0.1, 0.15) is 17.1 Å². The van der Waals surface area contributed by atoms with E-state index in [9.17, 15) is 19.5 Å². The predicted octanol–water partition coefficient (Wildman–Crippen LogP) is 4.63. The molecule has 2 aliphatic heterocycles. The highest BCUT2D eigenvalue weighted by Crippen LogP contribution is 2.47. The maximum Gasteiger partial charge on any atom is 0.353 e. The minimum Gasteiger partial charge on any atom is -0.477 e. The number of nitrogens with zero attached hydrogens (tertiary/aromatic N) is 1. The molecule has 34 heavy (non-hydrogen) atoms. The molecule has 2 aliphatic rings. The molecule has 0 unspecified atom stereocenters. The minimum absolute atomic E-state index is 0.00707. The molecule has 1 saturated heterocycles. The van der Waals surface area contributed by atoms with Crippen LogP contribution in [-0.2, 0) is 20.8 Å². The van der Waals surface area contributed by atoms with E-state index in [2.05, 4.69) is 21.2 Å². The Labute approximate surface area is 212 Å². The molecular formula is C25H19BrN2O4S2. The number of hydrogen-bond acceptors (Lipinski definition) is 5. The summed E-state index contributed by atoms with van der Waals surface area (Å²) in [7, 11) is 0. The summed E-state index contributed by atoms with van der Waals surface area (Å²) in [6.45, 7) is 0. The van der Waals surface area contributed by atoms with Gasteiger partial charge < -0.3 is 10.4 Å². The van der Waals surface area contributed by atoms with Crippen molar-refractivity contribution in [3.63, 3.8) is 0 Å². The van der Waals surface area contributed by atoms with E-state index in [4.69, 9.17) is 0 Å². The fourth-order valence-electron chi connectivity index (χ4n) is 4.10. The molecule has 0 spiro atoms. The van der Waals surface area contributed by atoms with Gasteiger partial charge in [0.2, 0.25) is 5.91 Å². The Morgan fingerprint density at radius 3 is 2.59 bits per heavy atom. The van der Waals surface area contributed by atoms with Gasteiger partial charge in [-0.25, -0.2) is 4.79 Å². The number of β-lactam (4-membered cyclic amide) rings is 1. The number of hydrogen-bond donors (Lipinski definition) is 2. The number of thioether (sulfide) groups is 2. The van der Waals surface area contributed by atoms with Crippen molar-refractivity contribution < 1.29 is 19.5 Å². The van der Waals surface area contributed by atoms with Gasteiger partial charge in [0, 0.05) is 20.0 Å². The van der Waals surface area contributed by atoms with E-state index in [1.54, 1.807) is 0 Å². The number of halogens is 1. The van der Waals surface area contributed by atoms with Gasteiger partial charge in [0.05, 0.1) is 6.42 Å². The summed E-state index contributed by atoms with van der Waals surface area (Å²) in [5, 5.41) is 14.4. The number of carbonyl (C=O) groups excluding carboxylic acids is 2. The molecule has 0 radical (unpaired) electrons. The van der Waals surface area contributed by atoms with Crippen molar-refractivity contribution in [1.82, 2.24) is 10.2 Å². The number of aliphatic carboxylic acids is 1. The van der Waals surface area contributed by atoms with Crippen molar-refractivity contribution in [2.45, 2.75) is 22.7 Å². The Kier molecular flexibility index (Phi) is 6.42. The van der Waals surface area contributed by atoms with Crippen LogP contribution in [0.4, 0.5) is 0 Å². The Morgan fingerprint density at radius 1 is 1.09 bits per heavy atom. The number of carboxylic acids is 1. The molecule has 2 N–H and O–H groups in total. The van der Waals surface area contributed by atoms with Crippen LogP contribution < -0.4 is 5.32 Å². The summed E-state index contributed by atoms with van der Waals surface area (Å²) in [4.78, 5) is 40.4. The Balaban J connectivity index is 1.36. The second kappa shape index (κ2) is 9.48. The zero-order valence-corrected chi connectivity index (χ0v) is 21.0. The number of fused-ring (bicyclic) bond motifs is 2. The molecule has 3 aromatic carbocycles. The SMILES string of the molecule is O=C(Cc1ccccc1)N[C@@H]1C(=O)N2C(C(=O)O)=C(Sc3ccc4ccccc4c3Br)CS[C@@H]12. The fourth-order valence-corrected chi connectivity index (χ4v) is 7.35. The molecular weight excluding hydrogens is 536 g/mol. The lowest BCUT2D eigenvalue weighted by molar-refractivity contribution is -0.150. The Morgan fingerprint density at radius 2 is 1.82 bits per heavy atom. The average Bonchev–Trinajstić information content (AvgIpc) is 2.84. The summed E-state index contributed by atoms with van der Waals surface area (Å²) in [5.41, 5.74) is 0.845. The van der Waals surface area contributed by atoms with Crippen LogP contribution >= 0.6 is 39.5 Å². The molecule has 5 rings (SSSR count). The first-order chi connectivity index (χ1) is 16.4. The highest BCUT2D eigenvalue weighted by atomic mass is 79.9. The maximum atomic E-state index is 12.9. The third-order valence-corrected chi connectivity index (χ3v) is 9.44. The number of benzene rings is 3. The van der Waals surface area contributed by atoms with Crippen LogP contribution in [-0.4, -0.2) is 45.0 Å². The van der Waals surface area contributed by atoms with Gasteiger partial charge in [-0.3, -0.25) is 14.5 Å². The average molecular weight is 555 g/mol. The van der Waals surface area contributed by atoms with Gasteiger partial charge >= 0.3 is 5.97 Å². The minimum atomic E-state index is -1.15. The smallest absolute Gasteiger partial charge is 0.353 e. The van der Waals surface area contributed by atoms with E-state index >= 15 is 0 Å². The van der Waals surface area contributed by atoms with Crippen molar-refractivity contribution in [3.8, 4) is 0 Å². The molecule has 2 heterocycles. The van der Waals surface area contributed by atoms with E-state index in [0.29, 0.717) is 10.7 Å². The number of rotatable bonds is 6. The van der Waals surface area contributed by atoms with Gasteiger partial charge in [-0.15, -0.1) is 11.8 Å². The predicted molar refractivity (Wildman–Crippen MR) is 137 cm³/mol. The highest BCUT2D eigenvalue weighted by Gasteiger charge is 2.54. The van der Waals surface area contributed by atoms with Crippen LogP contribution in [0.5, 0.6) is 0 Å². The number of amides is 2. The molecule has 172 valence electrons. The molecule has 3 aromatic rings. The number of carbonyl (C=O) groups is 3. The molecule has 2 amide bonds. The van der Waals surface area contributed by atoms with Gasteiger partial charge in [-0.05, 0) is 38.3 Å². The lowest BCUT2D eigenvalue weighted by Gasteiger charge is -2.49. The van der Waals surface area contributed by atoms with Crippen LogP contribution in [0.3, 0.4) is 0 Å². The zero-order valence-electron chi connectivity index (χ0n) is 17.7. The van der Waals surface area contributed by atoms with E-state index in [-0.39, 0.29) is 18.0 Å². The van der Waals surface area contributed by atoms with Crippen LogP contribution in [0.15, 0.2) is 86.7 Å². The molecule has 1 fully saturated rings.